The van der Waals surface area contributed by atoms with Crippen molar-refractivity contribution in [3.05, 3.63) is 0 Å². The van der Waals surface area contributed by atoms with Crippen LogP contribution in [0.25, 0.3) is 0 Å². The molecule has 3 N–H and O–H groups in total. The van der Waals surface area contributed by atoms with Gasteiger partial charge in [-0.05, 0) is 37.9 Å². The number of amides is 1. The predicted molar refractivity (Wildman–Crippen MR) is 76.8 cm³/mol. The topological polar surface area (TPSA) is 105 Å². The summed E-state index contributed by atoms with van der Waals surface area (Å²) in [5.41, 5.74) is 4.83. The Labute approximate surface area is 123 Å². The molecular formula is C13H21N3O3S. The van der Waals surface area contributed by atoms with Crippen LogP contribution in [-0.4, -0.2) is 42.1 Å². The van der Waals surface area contributed by atoms with Gasteiger partial charge in [0, 0.05) is 0 Å². The number of nitrogens with zero attached hydrogens (tertiary/aromatic N) is 1. The summed E-state index contributed by atoms with van der Waals surface area (Å²) >= 11 is 1.39. The van der Waals surface area contributed by atoms with Crippen molar-refractivity contribution in [2.24, 2.45) is 11.7 Å². The summed E-state index contributed by atoms with van der Waals surface area (Å²) in [5, 5.41) is 11.9. The molecule has 1 amide bonds. The van der Waals surface area contributed by atoms with E-state index < -0.39 is 17.6 Å². The highest BCUT2D eigenvalue weighted by atomic mass is 32.2. The zero-order chi connectivity index (χ0) is 15.2. The third kappa shape index (κ3) is 5.02. The minimum Gasteiger partial charge on any atom is -0.468 e. The summed E-state index contributed by atoms with van der Waals surface area (Å²) in [7, 11) is 1.30. The van der Waals surface area contributed by atoms with Crippen molar-refractivity contribution in [1.82, 2.24) is 5.32 Å². The molecule has 0 aromatic carbocycles. The van der Waals surface area contributed by atoms with Crippen LogP contribution in [0.1, 0.15) is 26.2 Å². The van der Waals surface area contributed by atoms with E-state index in [2.05, 4.69) is 16.1 Å². The largest absolute Gasteiger partial charge is 0.468 e. The van der Waals surface area contributed by atoms with Crippen molar-refractivity contribution in [3.8, 4) is 6.07 Å². The maximum Gasteiger partial charge on any atom is 0.322 e. The van der Waals surface area contributed by atoms with Gasteiger partial charge in [0.2, 0.25) is 5.91 Å². The molecule has 0 bridgehead atoms. The number of carbonyl (C=O) groups is 2. The van der Waals surface area contributed by atoms with E-state index in [-0.39, 0.29) is 17.6 Å². The summed E-state index contributed by atoms with van der Waals surface area (Å²) < 4.78 is 4.52. The van der Waals surface area contributed by atoms with Crippen LogP contribution in [0, 0.1) is 17.2 Å². The molecule has 2 atom stereocenters. The standard InChI is InChI=1S/C13H21N3O3S/c1-13(8-14,9-3-4-9)16-11(17)7-20-6-5-10(15)12(18)19-2/h9-10H,3-7,15H2,1-2H3,(H,16,17). The van der Waals surface area contributed by atoms with Gasteiger partial charge in [-0.15, -0.1) is 0 Å². The Morgan fingerprint density at radius 2 is 2.25 bits per heavy atom. The Bertz CT molecular complexity index is 406. The summed E-state index contributed by atoms with van der Waals surface area (Å²) in [6.45, 7) is 1.76. The molecule has 1 aliphatic rings. The molecule has 6 nitrogen and oxygen atoms in total. The molecule has 1 saturated carbocycles. The van der Waals surface area contributed by atoms with Crippen LogP contribution < -0.4 is 11.1 Å². The van der Waals surface area contributed by atoms with E-state index in [1.807, 2.05) is 0 Å². The lowest BCUT2D eigenvalue weighted by Gasteiger charge is -2.22. The van der Waals surface area contributed by atoms with Crippen molar-refractivity contribution in [2.45, 2.75) is 37.8 Å². The number of carbonyl (C=O) groups excluding carboxylic acids is 2. The summed E-state index contributed by atoms with van der Waals surface area (Å²) in [6, 6.07) is 1.53. The summed E-state index contributed by atoms with van der Waals surface area (Å²) in [5.74, 6) is 0.529. The van der Waals surface area contributed by atoms with Gasteiger partial charge >= 0.3 is 5.97 Å². The number of esters is 1. The number of rotatable bonds is 8. The first-order chi connectivity index (χ1) is 9.42. The van der Waals surface area contributed by atoms with Gasteiger partial charge in [0.15, 0.2) is 0 Å². The fourth-order valence-corrected chi connectivity index (χ4v) is 2.67. The lowest BCUT2D eigenvalue weighted by molar-refractivity contribution is -0.142. The second-order valence-corrected chi connectivity index (χ2v) is 6.21. The summed E-state index contributed by atoms with van der Waals surface area (Å²) in [6.07, 6.45) is 2.44. The number of nitriles is 1. The molecule has 1 rings (SSSR count). The SMILES string of the molecule is COC(=O)C(N)CCSCC(=O)NC(C)(C#N)C1CC1. The molecule has 0 aromatic heterocycles. The maximum absolute atomic E-state index is 11.8. The van der Waals surface area contributed by atoms with E-state index in [0.29, 0.717) is 12.2 Å². The molecule has 0 radical (unpaired) electrons. The molecule has 2 unspecified atom stereocenters. The smallest absolute Gasteiger partial charge is 0.322 e. The molecule has 20 heavy (non-hydrogen) atoms. The highest BCUT2D eigenvalue weighted by Crippen LogP contribution is 2.39. The molecule has 0 heterocycles. The van der Waals surface area contributed by atoms with Crippen LogP contribution in [0.15, 0.2) is 0 Å². The van der Waals surface area contributed by atoms with Crippen molar-refractivity contribution in [2.75, 3.05) is 18.6 Å². The minimum atomic E-state index is -0.750. The lowest BCUT2D eigenvalue weighted by Crippen LogP contribution is -2.47. The second-order valence-electron chi connectivity index (χ2n) is 5.11. The predicted octanol–water partition coefficient (Wildman–Crippen LogP) is 0.418. The Balaban J connectivity index is 2.20. The van der Waals surface area contributed by atoms with Gasteiger partial charge in [0.1, 0.15) is 11.6 Å². The van der Waals surface area contributed by atoms with E-state index in [1.54, 1.807) is 6.92 Å². The van der Waals surface area contributed by atoms with Gasteiger partial charge in [0.25, 0.3) is 0 Å². The van der Waals surface area contributed by atoms with E-state index in [0.717, 1.165) is 12.8 Å². The van der Waals surface area contributed by atoms with Crippen LogP contribution in [0.4, 0.5) is 0 Å². The van der Waals surface area contributed by atoms with Crippen LogP contribution >= 0.6 is 11.8 Å². The number of hydrogen-bond donors (Lipinski definition) is 2. The Kier molecular flexibility index (Phi) is 6.30. The van der Waals surface area contributed by atoms with Gasteiger partial charge in [-0.3, -0.25) is 9.59 Å². The number of hydrogen-bond acceptors (Lipinski definition) is 6. The van der Waals surface area contributed by atoms with Crippen LogP contribution in [0.3, 0.4) is 0 Å². The number of nitrogens with one attached hydrogen (secondary N) is 1. The molecule has 0 spiro atoms. The van der Waals surface area contributed by atoms with E-state index in [9.17, 15) is 9.59 Å². The number of thioether (sulfide) groups is 1. The fraction of sp³-hybridized carbons (Fsp3) is 0.769. The Hall–Kier alpha value is -1.26. The van der Waals surface area contributed by atoms with Gasteiger partial charge in [0.05, 0.1) is 18.9 Å². The van der Waals surface area contributed by atoms with Gasteiger partial charge < -0.3 is 15.8 Å². The van der Waals surface area contributed by atoms with Crippen molar-refractivity contribution >= 4 is 23.6 Å². The maximum atomic E-state index is 11.8. The monoisotopic (exact) mass is 299 g/mol. The van der Waals surface area contributed by atoms with E-state index in [4.69, 9.17) is 11.0 Å². The first kappa shape index (κ1) is 16.8. The van der Waals surface area contributed by atoms with Crippen molar-refractivity contribution in [3.63, 3.8) is 0 Å². The molecule has 1 aliphatic carbocycles. The van der Waals surface area contributed by atoms with Gasteiger partial charge in [-0.1, -0.05) is 0 Å². The molecule has 0 saturated heterocycles. The quantitative estimate of drug-likeness (QED) is 0.497. The zero-order valence-corrected chi connectivity index (χ0v) is 12.7. The molecule has 0 aromatic rings. The van der Waals surface area contributed by atoms with Gasteiger partial charge in [-0.2, -0.15) is 17.0 Å². The number of ether oxygens (including phenoxy) is 1. The third-order valence-electron chi connectivity index (χ3n) is 3.34. The van der Waals surface area contributed by atoms with Crippen molar-refractivity contribution < 1.29 is 14.3 Å². The molecule has 1 fully saturated rings. The van der Waals surface area contributed by atoms with Gasteiger partial charge in [-0.25, -0.2) is 0 Å². The molecule has 112 valence electrons. The minimum absolute atomic E-state index is 0.155. The summed E-state index contributed by atoms with van der Waals surface area (Å²) in [4.78, 5) is 22.9. The Morgan fingerprint density at radius 1 is 1.60 bits per heavy atom. The average Bonchev–Trinajstić information content (AvgIpc) is 3.27. The molecule has 7 heteroatoms. The second kappa shape index (κ2) is 7.50. The van der Waals surface area contributed by atoms with Crippen LogP contribution in [0.2, 0.25) is 0 Å². The molecule has 0 aliphatic heterocycles. The Morgan fingerprint density at radius 3 is 2.75 bits per heavy atom. The van der Waals surface area contributed by atoms with E-state index in [1.165, 1.54) is 18.9 Å². The normalized spacial score (nSPS) is 18.5. The van der Waals surface area contributed by atoms with Crippen LogP contribution in [-0.2, 0) is 14.3 Å². The third-order valence-corrected chi connectivity index (χ3v) is 4.33. The lowest BCUT2D eigenvalue weighted by atomic mass is 9.98. The van der Waals surface area contributed by atoms with Crippen LogP contribution in [0.5, 0.6) is 0 Å². The number of nitrogens with two attached hydrogens (primary N) is 1. The average molecular weight is 299 g/mol. The number of methoxy groups -OCH3 is 1. The zero-order valence-electron chi connectivity index (χ0n) is 11.8. The molecular weight excluding hydrogens is 278 g/mol. The van der Waals surface area contributed by atoms with E-state index >= 15 is 0 Å². The highest BCUT2D eigenvalue weighted by Gasteiger charge is 2.42. The van der Waals surface area contributed by atoms with Crippen molar-refractivity contribution in [1.29, 1.82) is 5.26 Å². The first-order valence-electron chi connectivity index (χ1n) is 6.56. The highest BCUT2D eigenvalue weighted by molar-refractivity contribution is 7.99. The first-order valence-corrected chi connectivity index (χ1v) is 7.72. The fourth-order valence-electron chi connectivity index (χ4n) is 1.85.